The summed E-state index contributed by atoms with van der Waals surface area (Å²) in [6, 6.07) is 5.97. The van der Waals surface area contributed by atoms with Gasteiger partial charge in [-0.05, 0) is 56.5 Å². The van der Waals surface area contributed by atoms with Gasteiger partial charge in [0.15, 0.2) is 0 Å². The molecule has 3 N–H and O–H groups in total. The number of benzene rings is 1. The molecule has 0 aliphatic carbocycles. The summed E-state index contributed by atoms with van der Waals surface area (Å²) in [7, 11) is -3.80. The minimum atomic E-state index is -3.80. The van der Waals surface area contributed by atoms with Gasteiger partial charge in [-0.25, -0.2) is 8.42 Å². The van der Waals surface area contributed by atoms with E-state index in [0.29, 0.717) is 18.0 Å². The molecule has 0 aromatic heterocycles. The molecule has 2 amide bonds. The summed E-state index contributed by atoms with van der Waals surface area (Å²) >= 11 is 0. The molecular weight excluding hydrogens is 404 g/mol. The third kappa shape index (κ3) is 5.66. The quantitative estimate of drug-likeness (QED) is 0.603. The van der Waals surface area contributed by atoms with Crippen molar-refractivity contribution in [1.82, 2.24) is 20.3 Å². The number of nitrogens with one attached hydrogen (secondary N) is 3. The maximum absolute atomic E-state index is 12.7. The van der Waals surface area contributed by atoms with Gasteiger partial charge in [0.1, 0.15) is 0 Å². The lowest BCUT2D eigenvalue weighted by Gasteiger charge is -2.26. The fourth-order valence-electron chi connectivity index (χ4n) is 3.43. The van der Waals surface area contributed by atoms with E-state index in [1.807, 2.05) is 0 Å². The van der Waals surface area contributed by atoms with Crippen molar-refractivity contribution < 1.29 is 18.0 Å². The van der Waals surface area contributed by atoms with Crippen molar-refractivity contribution in [3.05, 3.63) is 29.8 Å². The van der Waals surface area contributed by atoms with Gasteiger partial charge in [0.25, 0.3) is 5.91 Å². The molecule has 0 bridgehead atoms. The molecule has 0 saturated carbocycles. The molecule has 10 heteroatoms. The van der Waals surface area contributed by atoms with Crippen LogP contribution in [0.1, 0.15) is 29.6 Å². The SMILES string of the molecule is Cl.O=C1CN(S(=O)(=O)c2cccc(C(=O)NCCC3CCCNC3)c2)CCN1. The highest BCUT2D eigenvalue weighted by molar-refractivity contribution is 7.89. The monoisotopic (exact) mass is 430 g/mol. The van der Waals surface area contributed by atoms with E-state index in [0.717, 1.165) is 30.2 Å². The number of nitrogens with zero attached hydrogens (tertiary/aromatic N) is 1. The lowest BCUT2D eigenvalue weighted by molar-refractivity contribution is -0.122. The molecule has 8 nitrogen and oxygen atoms in total. The van der Waals surface area contributed by atoms with Gasteiger partial charge >= 0.3 is 0 Å². The molecule has 2 aliphatic heterocycles. The lowest BCUT2D eigenvalue weighted by atomic mass is 9.96. The Morgan fingerprint density at radius 1 is 1.29 bits per heavy atom. The van der Waals surface area contributed by atoms with Crippen molar-refractivity contribution in [3.8, 4) is 0 Å². The number of halogens is 1. The van der Waals surface area contributed by atoms with Crippen LogP contribution in [-0.2, 0) is 14.8 Å². The van der Waals surface area contributed by atoms with E-state index in [9.17, 15) is 18.0 Å². The number of piperidine rings is 1. The highest BCUT2D eigenvalue weighted by Gasteiger charge is 2.29. The summed E-state index contributed by atoms with van der Waals surface area (Å²) in [5.74, 6) is -0.0425. The highest BCUT2D eigenvalue weighted by Crippen LogP contribution is 2.18. The molecule has 2 heterocycles. The maximum atomic E-state index is 12.7. The van der Waals surface area contributed by atoms with Crippen molar-refractivity contribution in [2.45, 2.75) is 24.2 Å². The molecule has 2 fully saturated rings. The van der Waals surface area contributed by atoms with E-state index >= 15 is 0 Å². The minimum absolute atomic E-state index is 0. The fraction of sp³-hybridized carbons (Fsp3) is 0.556. The van der Waals surface area contributed by atoms with Gasteiger partial charge < -0.3 is 16.0 Å². The summed E-state index contributed by atoms with van der Waals surface area (Å²) in [5.41, 5.74) is 0.305. The maximum Gasteiger partial charge on any atom is 0.251 e. The number of hydrogen-bond donors (Lipinski definition) is 3. The van der Waals surface area contributed by atoms with Crippen LogP contribution in [-0.4, -0.2) is 63.8 Å². The summed E-state index contributed by atoms with van der Waals surface area (Å²) in [6.07, 6.45) is 3.23. The van der Waals surface area contributed by atoms with Gasteiger partial charge in [-0.2, -0.15) is 4.31 Å². The van der Waals surface area contributed by atoms with Crippen LogP contribution in [0.2, 0.25) is 0 Å². The highest BCUT2D eigenvalue weighted by atomic mass is 35.5. The Kier molecular flexibility index (Phi) is 8.23. The number of carbonyl (C=O) groups is 2. The first kappa shape index (κ1) is 22.6. The Hall–Kier alpha value is -1.68. The number of amides is 2. The average Bonchev–Trinajstić information content (AvgIpc) is 2.69. The number of hydrogen-bond acceptors (Lipinski definition) is 5. The van der Waals surface area contributed by atoms with E-state index < -0.39 is 10.0 Å². The molecule has 0 radical (unpaired) electrons. The van der Waals surface area contributed by atoms with E-state index in [1.54, 1.807) is 12.1 Å². The zero-order valence-electron chi connectivity index (χ0n) is 15.6. The van der Waals surface area contributed by atoms with Crippen LogP contribution in [0, 0.1) is 5.92 Å². The number of piperazine rings is 1. The van der Waals surface area contributed by atoms with Gasteiger partial charge in [0, 0.05) is 25.2 Å². The van der Waals surface area contributed by atoms with Crippen molar-refractivity contribution in [1.29, 1.82) is 0 Å². The molecule has 156 valence electrons. The molecule has 0 spiro atoms. The molecular formula is C18H27ClN4O4S. The Bertz CT molecular complexity index is 797. The smallest absolute Gasteiger partial charge is 0.251 e. The number of sulfonamides is 1. The van der Waals surface area contributed by atoms with Gasteiger partial charge in [0.2, 0.25) is 15.9 Å². The van der Waals surface area contributed by atoms with E-state index in [4.69, 9.17) is 0 Å². The van der Waals surface area contributed by atoms with Gasteiger partial charge in [0.05, 0.1) is 11.4 Å². The van der Waals surface area contributed by atoms with Crippen molar-refractivity contribution in [2.24, 2.45) is 5.92 Å². The first-order valence-electron chi connectivity index (χ1n) is 9.32. The minimum Gasteiger partial charge on any atom is -0.354 e. The van der Waals surface area contributed by atoms with Gasteiger partial charge in [-0.3, -0.25) is 9.59 Å². The van der Waals surface area contributed by atoms with Crippen LogP contribution in [0.4, 0.5) is 0 Å². The molecule has 1 atom stereocenters. The number of rotatable bonds is 6. The third-order valence-electron chi connectivity index (χ3n) is 4.97. The molecule has 28 heavy (non-hydrogen) atoms. The Balaban J connectivity index is 0.00000280. The van der Waals surface area contributed by atoms with Gasteiger partial charge in [-0.1, -0.05) is 6.07 Å². The molecule has 2 saturated heterocycles. The first-order valence-corrected chi connectivity index (χ1v) is 10.8. The number of carbonyl (C=O) groups excluding carboxylic acids is 2. The zero-order chi connectivity index (χ0) is 19.3. The van der Waals surface area contributed by atoms with Gasteiger partial charge in [-0.15, -0.1) is 12.4 Å². The van der Waals surface area contributed by atoms with Crippen LogP contribution in [0.5, 0.6) is 0 Å². The van der Waals surface area contributed by atoms with Crippen LogP contribution in [0.3, 0.4) is 0 Å². The Morgan fingerprint density at radius 2 is 2.11 bits per heavy atom. The normalized spacial score (nSPS) is 20.7. The van der Waals surface area contributed by atoms with Crippen LogP contribution >= 0.6 is 12.4 Å². The summed E-state index contributed by atoms with van der Waals surface area (Å²) in [6.45, 7) is 2.91. The summed E-state index contributed by atoms with van der Waals surface area (Å²) < 4.78 is 26.6. The fourth-order valence-corrected chi connectivity index (χ4v) is 4.87. The standard InChI is InChI=1S/C18H26N4O4S.ClH/c23-17-13-22(10-9-20-17)27(25,26)16-5-1-4-15(11-16)18(24)21-8-6-14-3-2-7-19-12-14;/h1,4-5,11,14,19H,2-3,6-10,12-13H2,(H,20,23)(H,21,24);1H. The molecule has 3 rings (SSSR count). The summed E-state index contributed by atoms with van der Waals surface area (Å²) in [4.78, 5) is 23.9. The second-order valence-corrected chi connectivity index (χ2v) is 8.91. The van der Waals surface area contributed by atoms with E-state index in [2.05, 4.69) is 16.0 Å². The first-order chi connectivity index (χ1) is 13.0. The van der Waals surface area contributed by atoms with Crippen molar-refractivity contribution in [2.75, 3.05) is 39.3 Å². The van der Waals surface area contributed by atoms with Crippen molar-refractivity contribution in [3.63, 3.8) is 0 Å². The second-order valence-electron chi connectivity index (χ2n) is 6.97. The van der Waals surface area contributed by atoms with Crippen LogP contribution in [0.15, 0.2) is 29.2 Å². The molecule has 2 aliphatic rings. The zero-order valence-corrected chi connectivity index (χ0v) is 17.3. The average molecular weight is 431 g/mol. The topological polar surface area (TPSA) is 108 Å². The van der Waals surface area contributed by atoms with Crippen LogP contribution < -0.4 is 16.0 Å². The second kappa shape index (κ2) is 10.2. The lowest BCUT2D eigenvalue weighted by Crippen LogP contribution is -2.49. The van der Waals surface area contributed by atoms with Crippen molar-refractivity contribution >= 4 is 34.2 Å². The summed E-state index contributed by atoms with van der Waals surface area (Å²) in [5, 5.41) is 8.82. The van der Waals surface area contributed by atoms with E-state index in [-0.39, 0.29) is 48.8 Å². The molecule has 1 aromatic carbocycles. The predicted molar refractivity (Wildman–Crippen MR) is 108 cm³/mol. The third-order valence-corrected chi connectivity index (χ3v) is 6.82. The van der Waals surface area contributed by atoms with Crippen LogP contribution in [0.25, 0.3) is 0 Å². The molecule has 1 unspecified atom stereocenters. The Morgan fingerprint density at radius 3 is 2.82 bits per heavy atom. The van der Waals surface area contributed by atoms with E-state index in [1.165, 1.54) is 18.6 Å². The molecule has 1 aromatic rings. The Labute approximate surface area is 171 Å². The largest absolute Gasteiger partial charge is 0.354 e. The predicted octanol–water partition coefficient (Wildman–Crippen LogP) is 0.348.